The summed E-state index contributed by atoms with van der Waals surface area (Å²) < 4.78 is 5.76. The molecule has 2 amide bonds. The number of nitrogens with zero attached hydrogens (tertiary/aromatic N) is 1. The molecule has 0 bridgehead atoms. The van der Waals surface area contributed by atoms with E-state index < -0.39 is 6.04 Å². The van der Waals surface area contributed by atoms with Crippen LogP contribution in [-0.4, -0.2) is 35.9 Å². The molecule has 0 saturated heterocycles. The first-order valence-electron chi connectivity index (χ1n) is 9.44. The second-order valence-electron chi connectivity index (χ2n) is 6.85. The van der Waals surface area contributed by atoms with Gasteiger partial charge in [0, 0.05) is 28.7 Å². The van der Waals surface area contributed by atoms with Crippen molar-refractivity contribution >= 4 is 35.0 Å². The van der Waals surface area contributed by atoms with Crippen LogP contribution in [0.15, 0.2) is 36.4 Å². The SMILES string of the molecule is CCNC(=O)[C@H](C)N(Cc1c(Cl)cccc1Cl)C(=O)COc1cc(C)ccc1C. The maximum atomic E-state index is 13.0. The Kier molecular flexibility index (Phi) is 8.35. The molecule has 7 heteroatoms. The van der Waals surface area contributed by atoms with Gasteiger partial charge in [0.15, 0.2) is 6.61 Å². The number of ether oxygens (including phenoxy) is 1. The summed E-state index contributed by atoms with van der Waals surface area (Å²) in [6.45, 7) is 7.74. The fraction of sp³-hybridized carbons (Fsp3) is 0.364. The number of amides is 2. The van der Waals surface area contributed by atoms with Crippen molar-refractivity contribution in [3.05, 3.63) is 63.1 Å². The molecule has 156 valence electrons. The standard InChI is InChI=1S/C22H26Cl2N2O3/c1-5-25-22(28)16(4)26(12-17-18(23)7-6-8-19(17)24)21(27)13-29-20-11-14(2)9-10-15(20)3/h6-11,16H,5,12-13H2,1-4H3,(H,25,28)/t16-/m0/s1. The van der Waals surface area contributed by atoms with Crippen LogP contribution in [0.25, 0.3) is 0 Å². The highest BCUT2D eigenvalue weighted by molar-refractivity contribution is 6.36. The minimum atomic E-state index is -0.711. The van der Waals surface area contributed by atoms with Crippen molar-refractivity contribution in [2.24, 2.45) is 0 Å². The Labute approximate surface area is 181 Å². The molecule has 0 aromatic heterocycles. The summed E-state index contributed by atoms with van der Waals surface area (Å²) in [6, 6.07) is 10.2. The van der Waals surface area contributed by atoms with Gasteiger partial charge in [-0.1, -0.05) is 41.4 Å². The van der Waals surface area contributed by atoms with Gasteiger partial charge in [-0.2, -0.15) is 0 Å². The number of carbonyl (C=O) groups excluding carboxylic acids is 2. The molecule has 0 spiro atoms. The second-order valence-corrected chi connectivity index (χ2v) is 7.66. The lowest BCUT2D eigenvalue weighted by Crippen LogP contribution is -2.49. The first-order chi connectivity index (χ1) is 13.7. The molecule has 0 aliphatic carbocycles. The highest BCUT2D eigenvalue weighted by Gasteiger charge is 2.27. The van der Waals surface area contributed by atoms with Crippen molar-refractivity contribution in [1.82, 2.24) is 10.2 Å². The molecule has 0 unspecified atom stereocenters. The fourth-order valence-electron chi connectivity index (χ4n) is 2.84. The van der Waals surface area contributed by atoms with E-state index in [9.17, 15) is 9.59 Å². The molecule has 5 nitrogen and oxygen atoms in total. The zero-order valence-electron chi connectivity index (χ0n) is 17.1. The number of rotatable bonds is 8. The number of nitrogens with one attached hydrogen (secondary N) is 1. The number of halogens is 2. The smallest absolute Gasteiger partial charge is 0.261 e. The van der Waals surface area contributed by atoms with E-state index in [0.29, 0.717) is 27.9 Å². The van der Waals surface area contributed by atoms with E-state index in [2.05, 4.69) is 5.32 Å². The lowest BCUT2D eigenvalue weighted by molar-refractivity contribution is -0.142. The maximum absolute atomic E-state index is 13.0. The molecule has 2 rings (SSSR count). The van der Waals surface area contributed by atoms with Crippen LogP contribution < -0.4 is 10.1 Å². The molecule has 1 atom stereocenters. The van der Waals surface area contributed by atoms with Crippen molar-refractivity contribution in [3.8, 4) is 5.75 Å². The van der Waals surface area contributed by atoms with Crippen molar-refractivity contribution in [3.63, 3.8) is 0 Å². The first kappa shape index (κ1) is 23.0. The van der Waals surface area contributed by atoms with Crippen LogP contribution in [0.1, 0.15) is 30.5 Å². The third-order valence-corrected chi connectivity index (χ3v) is 5.31. The lowest BCUT2D eigenvalue weighted by Gasteiger charge is -2.29. The fourth-order valence-corrected chi connectivity index (χ4v) is 3.36. The Hall–Kier alpha value is -2.24. The van der Waals surface area contributed by atoms with Crippen LogP contribution in [0, 0.1) is 13.8 Å². The largest absolute Gasteiger partial charge is 0.483 e. The summed E-state index contributed by atoms with van der Waals surface area (Å²) in [5.74, 6) is 0.0520. The van der Waals surface area contributed by atoms with Gasteiger partial charge < -0.3 is 15.0 Å². The molecule has 0 saturated carbocycles. The summed E-state index contributed by atoms with van der Waals surface area (Å²) in [6.07, 6.45) is 0. The molecule has 0 aliphatic rings. The van der Waals surface area contributed by atoms with Crippen LogP contribution in [-0.2, 0) is 16.1 Å². The van der Waals surface area contributed by atoms with Gasteiger partial charge in [0.1, 0.15) is 11.8 Å². The van der Waals surface area contributed by atoms with Crippen LogP contribution in [0.4, 0.5) is 0 Å². The van der Waals surface area contributed by atoms with E-state index in [4.69, 9.17) is 27.9 Å². The van der Waals surface area contributed by atoms with Gasteiger partial charge in [-0.05, 0) is 57.0 Å². The average Bonchev–Trinajstić information content (AvgIpc) is 2.68. The zero-order chi connectivity index (χ0) is 21.6. The van der Waals surface area contributed by atoms with Crippen LogP contribution in [0.2, 0.25) is 10.0 Å². The summed E-state index contributed by atoms with van der Waals surface area (Å²) in [4.78, 5) is 26.9. The second kappa shape index (κ2) is 10.5. The summed E-state index contributed by atoms with van der Waals surface area (Å²) >= 11 is 12.6. The summed E-state index contributed by atoms with van der Waals surface area (Å²) in [5, 5.41) is 3.62. The Morgan fingerprint density at radius 1 is 1.14 bits per heavy atom. The van der Waals surface area contributed by atoms with Gasteiger partial charge in [-0.15, -0.1) is 0 Å². The highest BCUT2D eigenvalue weighted by Crippen LogP contribution is 2.27. The van der Waals surface area contributed by atoms with E-state index in [1.807, 2.05) is 39.0 Å². The quantitative estimate of drug-likeness (QED) is 0.660. The van der Waals surface area contributed by atoms with Crippen LogP contribution in [0.5, 0.6) is 5.75 Å². The maximum Gasteiger partial charge on any atom is 0.261 e. The van der Waals surface area contributed by atoms with Crippen molar-refractivity contribution in [2.45, 2.75) is 40.3 Å². The molecule has 29 heavy (non-hydrogen) atoms. The van der Waals surface area contributed by atoms with Crippen molar-refractivity contribution < 1.29 is 14.3 Å². The number of benzene rings is 2. The molecular weight excluding hydrogens is 411 g/mol. The number of aryl methyl sites for hydroxylation is 2. The first-order valence-corrected chi connectivity index (χ1v) is 10.2. The Balaban J connectivity index is 2.24. The van der Waals surface area contributed by atoms with Gasteiger partial charge in [0.05, 0.1) is 0 Å². The number of hydrogen-bond donors (Lipinski definition) is 1. The predicted molar refractivity (Wildman–Crippen MR) is 117 cm³/mol. The van der Waals surface area contributed by atoms with Crippen molar-refractivity contribution in [2.75, 3.05) is 13.2 Å². The summed E-state index contributed by atoms with van der Waals surface area (Å²) in [5.41, 5.74) is 2.56. The minimum Gasteiger partial charge on any atom is -0.483 e. The van der Waals surface area contributed by atoms with Gasteiger partial charge >= 0.3 is 0 Å². The van der Waals surface area contributed by atoms with Gasteiger partial charge in [-0.25, -0.2) is 0 Å². The Bertz CT molecular complexity index is 866. The zero-order valence-corrected chi connectivity index (χ0v) is 18.6. The van der Waals surface area contributed by atoms with Crippen molar-refractivity contribution in [1.29, 1.82) is 0 Å². The Morgan fingerprint density at radius 2 is 1.79 bits per heavy atom. The van der Waals surface area contributed by atoms with Crippen LogP contribution >= 0.6 is 23.2 Å². The topological polar surface area (TPSA) is 58.6 Å². The average molecular weight is 437 g/mol. The molecule has 2 aromatic carbocycles. The molecule has 0 fully saturated rings. The highest BCUT2D eigenvalue weighted by atomic mass is 35.5. The van der Waals surface area contributed by atoms with E-state index in [0.717, 1.165) is 11.1 Å². The minimum absolute atomic E-state index is 0.103. The normalized spacial score (nSPS) is 11.7. The van der Waals surface area contributed by atoms with Gasteiger partial charge in [0.2, 0.25) is 5.91 Å². The van der Waals surface area contributed by atoms with Gasteiger partial charge in [-0.3, -0.25) is 9.59 Å². The van der Waals surface area contributed by atoms with E-state index >= 15 is 0 Å². The number of likely N-dealkylation sites (N-methyl/N-ethyl adjacent to an activating group) is 1. The molecule has 0 radical (unpaired) electrons. The van der Waals surface area contributed by atoms with E-state index in [1.54, 1.807) is 25.1 Å². The third kappa shape index (κ3) is 6.12. The molecule has 1 N–H and O–H groups in total. The monoisotopic (exact) mass is 436 g/mol. The predicted octanol–water partition coefficient (Wildman–Crippen LogP) is 4.54. The van der Waals surface area contributed by atoms with E-state index in [1.165, 1.54) is 4.90 Å². The summed E-state index contributed by atoms with van der Waals surface area (Å²) in [7, 11) is 0. The molecule has 0 aliphatic heterocycles. The number of hydrogen-bond acceptors (Lipinski definition) is 3. The van der Waals surface area contributed by atoms with Crippen LogP contribution in [0.3, 0.4) is 0 Å². The van der Waals surface area contributed by atoms with E-state index in [-0.39, 0.29) is 25.0 Å². The van der Waals surface area contributed by atoms with Gasteiger partial charge in [0.25, 0.3) is 5.91 Å². The molecular formula is C22H26Cl2N2O3. The Morgan fingerprint density at radius 3 is 2.41 bits per heavy atom. The number of carbonyl (C=O) groups is 2. The molecule has 0 heterocycles. The lowest BCUT2D eigenvalue weighted by atomic mass is 10.1. The molecule has 2 aromatic rings. The third-order valence-electron chi connectivity index (χ3n) is 4.60.